The number of hydrogen-bond donors (Lipinski definition) is 6. The van der Waals surface area contributed by atoms with E-state index >= 15 is 0 Å². The van der Waals surface area contributed by atoms with Crippen molar-refractivity contribution in [3.05, 3.63) is 0 Å². The van der Waals surface area contributed by atoms with Gasteiger partial charge in [-0.3, -0.25) is 28.8 Å². The van der Waals surface area contributed by atoms with Gasteiger partial charge in [-0.2, -0.15) is 0 Å². The monoisotopic (exact) mass is 759 g/mol. The second-order valence-electron chi connectivity index (χ2n) is 13.4. The quantitative estimate of drug-likeness (QED) is 0.0533. The van der Waals surface area contributed by atoms with Crippen LogP contribution in [0, 0.1) is 0 Å². The number of carbonyl (C=O) groups excluding carboxylic acids is 6. The third kappa shape index (κ3) is 30.8. The highest BCUT2D eigenvalue weighted by atomic mass is 16.5. The summed E-state index contributed by atoms with van der Waals surface area (Å²) in [6.07, 6.45) is 4.13. The topological polar surface area (TPSA) is 212 Å². The first-order valence-electron chi connectivity index (χ1n) is 19.4. The van der Waals surface area contributed by atoms with Gasteiger partial charge in [0.05, 0.1) is 25.4 Å². The zero-order valence-corrected chi connectivity index (χ0v) is 33.3. The first-order chi connectivity index (χ1) is 25.3. The highest BCUT2D eigenvalue weighted by Gasteiger charge is 2.25. The van der Waals surface area contributed by atoms with E-state index in [1.54, 1.807) is 0 Å². The van der Waals surface area contributed by atoms with E-state index in [2.05, 4.69) is 31.9 Å². The molecule has 308 valence electrons. The van der Waals surface area contributed by atoms with Gasteiger partial charge in [-0.05, 0) is 73.6 Å². The number of hydrogen-bond acceptors (Lipinski definition) is 10. The molecular formula is C37H70N6O10. The lowest BCUT2D eigenvalue weighted by atomic mass is 10.1. The van der Waals surface area contributed by atoms with Gasteiger partial charge in [0.2, 0.25) is 35.4 Å². The van der Waals surface area contributed by atoms with Crippen molar-refractivity contribution in [1.82, 2.24) is 31.9 Å². The molecule has 0 aliphatic carbocycles. The standard InChI is InChI=1S/C37H70N6O10/c1-7-50-26-22-39-32(45)19-17-29(35(48)40-23-27-51-8-2)43-34(47)20-18-30(36(49)41-24-28-52-9-3)42-33(46)16-14-15-31(44)38-21-12-10-11-13-25-53-37(4,5)6/h29-30H,7-28H2,1-6H3,(H,38,44)(H,39,45)(H,40,48)(H,41,49)(H,42,46)(H,43,47). The molecule has 0 bridgehead atoms. The molecule has 53 heavy (non-hydrogen) atoms. The number of amides is 6. The molecule has 6 N–H and O–H groups in total. The zero-order valence-electron chi connectivity index (χ0n) is 33.3. The van der Waals surface area contributed by atoms with Crippen molar-refractivity contribution in [2.45, 2.75) is 130 Å². The van der Waals surface area contributed by atoms with Gasteiger partial charge < -0.3 is 50.8 Å². The predicted molar refractivity (Wildman–Crippen MR) is 202 cm³/mol. The van der Waals surface area contributed by atoms with E-state index in [4.69, 9.17) is 18.9 Å². The summed E-state index contributed by atoms with van der Waals surface area (Å²) in [7, 11) is 0. The number of ether oxygens (including phenoxy) is 4. The average Bonchev–Trinajstić information content (AvgIpc) is 3.11. The fraction of sp³-hybridized carbons (Fsp3) is 0.838. The molecule has 0 saturated heterocycles. The van der Waals surface area contributed by atoms with Gasteiger partial charge in [0.15, 0.2) is 0 Å². The second-order valence-corrected chi connectivity index (χ2v) is 13.4. The molecule has 0 aromatic rings. The van der Waals surface area contributed by atoms with Gasteiger partial charge in [-0.15, -0.1) is 0 Å². The van der Waals surface area contributed by atoms with Gasteiger partial charge >= 0.3 is 0 Å². The van der Waals surface area contributed by atoms with Crippen LogP contribution in [0.15, 0.2) is 0 Å². The van der Waals surface area contributed by atoms with Crippen molar-refractivity contribution < 1.29 is 47.7 Å². The number of carbonyl (C=O) groups is 6. The summed E-state index contributed by atoms with van der Waals surface area (Å²) in [4.78, 5) is 76.4. The minimum Gasteiger partial charge on any atom is -0.380 e. The molecule has 6 amide bonds. The van der Waals surface area contributed by atoms with Gasteiger partial charge in [-0.1, -0.05) is 12.8 Å². The maximum atomic E-state index is 13.0. The smallest absolute Gasteiger partial charge is 0.242 e. The molecule has 0 rings (SSSR count). The van der Waals surface area contributed by atoms with Crippen LogP contribution in [0.2, 0.25) is 0 Å². The van der Waals surface area contributed by atoms with Crippen LogP contribution in [0.25, 0.3) is 0 Å². The molecule has 2 atom stereocenters. The first kappa shape index (κ1) is 49.7. The van der Waals surface area contributed by atoms with Crippen molar-refractivity contribution in [3.8, 4) is 0 Å². The summed E-state index contributed by atoms with van der Waals surface area (Å²) >= 11 is 0. The summed E-state index contributed by atoms with van der Waals surface area (Å²) in [5.74, 6) is -2.34. The maximum absolute atomic E-state index is 13.0. The Kier molecular flexibility index (Phi) is 30.1. The lowest BCUT2D eigenvalue weighted by molar-refractivity contribution is -0.131. The Morgan fingerprint density at radius 3 is 1.40 bits per heavy atom. The third-order valence-electron chi connectivity index (χ3n) is 7.63. The largest absolute Gasteiger partial charge is 0.380 e. The SMILES string of the molecule is CCOCCNC(=O)CCC(NC(=O)CCC(NC(=O)CCCC(=O)NCCCCCCOC(C)(C)C)C(=O)NCCOCC)C(=O)NCCOCC. The van der Waals surface area contributed by atoms with Crippen LogP contribution in [0.4, 0.5) is 0 Å². The highest BCUT2D eigenvalue weighted by molar-refractivity contribution is 5.90. The van der Waals surface area contributed by atoms with Crippen molar-refractivity contribution in [3.63, 3.8) is 0 Å². The van der Waals surface area contributed by atoms with E-state index in [0.717, 1.165) is 25.7 Å². The third-order valence-corrected chi connectivity index (χ3v) is 7.63. The Balaban J connectivity index is 5.01. The fourth-order valence-electron chi connectivity index (χ4n) is 4.83. The molecule has 16 heteroatoms. The molecule has 16 nitrogen and oxygen atoms in total. The summed E-state index contributed by atoms with van der Waals surface area (Å²) in [5, 5.41) is 16.4. The summed E-state index contributed by atoms with van der Waals surface area (Å²) in [6.45, 7) is 16.1. The van der Waals surface area contributed by atoms with Crippen LogP contribution >= 0.6 is 0 Å². The lowest BCUT2D eigenvalue weighted by Crippen LogP contribution is -2.50. The molecule has 0 aromatic carbocycles. The van der Waals surface area contributed by atoms with Crippen LogP contribution in [0.1, 0.15) is 112 Å². The van der Waals surface area contributed by atoms with E-state index in [1.807, 2.05) is 41.5 Å². The molecular weight excluding hydrogens is 688 g/mol. The fourth-order valence-corrected chi connectivity index (χ4v) is 4.83. The second kappa shape index (κ2) is 32.1. The van der Waals surface area contributed by atoms with Gasteiger partial charge in [0, 0.05) is 78.3 Å². The highest BCUT2D eigenvalue weighted by Crippen LogP contribution is 2.09. The van der Waals surface area contributed by atoms with Crippen molar-refractivity contribution in [2.75, 3.05) is 72.4 Å². The minimum absolute atomic E-state index is 0.0113. The van der Waals surface area contributed by atoms with Crippen LogP contribution in [0.5, 0.6) is 0 Å². The Bertz CT molecular complexity index is 1040. The molecule has 2 unspecified atom stereocenters. The summed E-state index contributed by atoms with van der Waals surface area (Å²) in [6, 6.07) is -2.04. The molecule has 0 fully saturated rings. The van der Waals surface area contributed by atoms with Crippen molar-refractivity contribution >= 4 is 35.4 Å². The van der Waals surface area contributed by atoms with Gasteiger partial charge in [0.25, 0.3) is 0 Å². The Hall–Kier alpha value is -3.34. The van der Waals surface area contributed by atoms with Gasteiger partial charge in [-0.25, -0.2) is 0 Å². The van der Waals surface area contributed by atoms with E-state index in [-0.39, 0.29) is 75.6 Å². The Morgan fingerprint density at radius 1 is 0.472 bits per heavy atom. The molecule has 0 aliphatic heterocycles. The van der Waals surface area contributed by atoms with Crippen molar-refractivity contribution in [2.24, 2.45) is 0 Å². The molecule has 0 aromatic heterocycles. The molecule has 0 saturated carbocycles. The summed E-state index contributed by atoms with van der Waals surface area (Å²) in [5.41, 5.74) is -0.139. The molecule has 0 heterocycles. The van der Waals surface area contributed by atoms with Crippen LogP contribution in [-0.4, -0.2) is 126 Å². The normalized spacial score (nSPS) is 12.3. The Morgan fingerprint density at radius 2 is 0.887 bits per heavy atom. The average molecular weight is 759 g/mol. The molecule has 0 radical (unpaired) electrons. The first-order valence-corrected chi connectivity index (χ1v) is 19.4. The van der Waals surface area contributed by atoms with E-state index in [1.165, 1.54) is 0 Å². The van der Waals surface area contributed by atoms with E-state index in [0.29, 0.717) is 59.2 Å². The van der Waals surface area contributed by atoms with Crippen LogP contribution in [0.3, 0.4) is 0 Å². The van der Waals surface area contributed by atoms with E-state index < -0.39 is 35.7 Å². The van der Waals surface area contributed by atoms with Crippen LogP contribution in [-0.2, 0) is 47.7 Å². The predicted octanol–water partition coefficient (Wildman–Crippen LogP) is 1.64. The van der Waals surface area contributed by atoms with Gasteiger partial charge in [0.1, 0.15) is 12.1 Å². The number of nitrogens with one attached hydrogen (secondary N) is 6. The van der Waals surface area contributed by atoms with Crippen LogP contribution < -0.4 is 31.9 Å². The lowest BCUT2D eigenvalue weighted by Gasteiger charge is -2.21. The maximum Gasteiger partial charge on any atom is 0.242 e. The number of rotatable bonds is 33. The molecule has 0 spiro atoms. The summed E-state index contributed by atoms with van der Waals surface area (Å²) < 4.78 is 21.5. The zero-order chi connectivity index (χ0) is 39.7. The van der Waals surface area contributed by atoms with Crippen molar-refractivity contribution in [1.29, 1.82) is 0 Å². The minimum atomic E-state index is -1.04. The Labute approximate surface area is 317 Å². The number of unbranched alkanes of at least 4 members (excludes halogenated alkanes) is 3. The molecule has 0 aliphatic rings. The van der Waals surface area contributed by atoms with E-state index in [9.17, 15) is 28.8 Å².